The molecule has 0 heterocycles. The summed E-state index contributed by atoms with van der Waals surface area (Å²) in [5, 5.41) is 9.59. The maximum Gasteiger partial charge on any atom is 0.306 e. The highest BCUT2D eigenvalue weighted by Gasteiger charge is 2.16. The van der Waals surface area contributed by atoms with Crippen LogP contribution in [0.3, 0.4) is 0 Å². The van der Waals surface area contributed by atoms with Crippen LogP contribution in [0.5, 0.6) is 0 Å². The third-order valence-electron chi connectivity index (χ3n) is 10.7. The molecular formula is C46H90O5. The number of hydrogen-bond donors (Lipinski definition) is 1. The molecular weight excluding hydrogens is 633 g/mol. The number of carbonyl (C=O) groups is 2. The number of esters is 2. The van der Waals surface area contributed by atoms with Gasteiger partial charge >= 0.3 is 11.9 Å². The summed E-state index contributed by atoms with van der Waals surface area (Å²) in [6, 6.07) is 0. The van der Waals surface area contributed by atoms with E-state index in [-0.39, 0.29) is 25.2 Å². The average molecular weight is 723 g/mol. The molecule has 5 nitrogen and oxygen atoms in total. The van der Waals surface area contributed by atoms with Gasteiger partial charge in [-0.05, 0) is 12.8 Å². The Balaban J connectivity index is 3.44. The van der Waals surface area contributed by atoms with Crippen molar-refractivity contribution >= 4 is 11.9 Å². The molecule has 0 aliphatic heterocycles. The zero-order chi connectivity index (χ0) is 37.1. The summed E-state index contributed by atoms with van der Waals surface area (Å²) in [5.41, 5.74) is 0. The summed E-state index contributed by atoms with van der Waals surface area (Å²) >= 11 is 0. The number of aliphatic hydroxyl groups excluding tert-OH is 1. The van der Waals surface area contributed by atoms with Crippen LogP contribution in [-0.4, -0.2) is 36.4 Å². The van der Waals surface area contributed by atoms with Crippen molar-refractivity contribution in [3.63, 3.8) is 0 Å². The minimum atomic E-state index is -0.762. The van der Waals surface area contributed by atoms with Crippen molar-refractivity contribution in [3.8, 4) is 0 Å². The van der Waals surface area contributed by atoms with Crippen molar-refractivity contribution in [1.29, 1.82) is 0 Å². The maximum absolute atomic E-state index is 12.2. The summed E-state index contributed by atoms with van der Waals surface area (Å²) in [5.74, 6) is -0.570. The highest BCUT2D eigenvalue weighted by molar-refractivity contribution is 5.70. The van der Waals surface area contributed by atoms with Crippen LogP contribution in [0.4, 0.5) is 0 Å². The minimum absolute atomic E-state index is 0.0563. The van der Waals surface area contributed by atoms with Gasteiger partial charge in [0.25, 0.3) is 0 Å². The predicted octanol–water partition coefficient (Wildman–Crippen LogP) is 14.7. The topological polar surface area (TPSA) is 72.8 Å². The van der Waals surface area contributed by atoms with Crippen molar-refractivity contribution < 1.29 is 24.2 Å². The molecule has 5 heteroatoms. The van der Waals surface area contributed by atoms with E-state index in [2.05, 4.69) is 13.8 Å². The van der Waals surface area contributed by atoms with Crippen molar-refractivity contribution in [2.24, 2.45) is 0 Å². The quantitative estimate of drug-likeness (QED) is 0.0501. The highest BCUT2D eigenvalue weighted by atomic mass is 16.6. The van der Waals surface area contributed by atoms with Gasteiger partial charge in [-0.15, -0.1) is 0 Å². The normalized spacial score (nSPS) is 12.0. The molecule has 1 N–H and O–H groups in total. The zero-order valence-corrected chi connectivity index (χ0v) is 34.6. The number of carbonyl (C=O) groups excluding carboxylic acids is 2. The Morgan fingerprint density at radius 2 is 0.608 bits per heavy atom. The maximum atomic E-state index is 12.2. The van der Waals surface area contributed by atoms with Crippen molar-refractivity contribution in [1.82, 2.24) is 0 Å². The molecule has 0 aromatic carbocycles. The van der Waals surface area contributed by atoms with Crippen LogP contribution in [0.2, 0.25) is 0 Å². The third-order valence-corrected chi connectivity index (χ3v) is 10.7. The number of ether oxygens (including phenoxy) is 2. The Hall–Kier alpha value is -1.10. The molecule has 0 amide bonds. The summed E-state index contributed by atoms with van der Waals surface area (Å²) in [4.78, 5) is 24.3. The first-order chi connectivity index (χ1) is 25.1. The zero-order valence-electron chi connectivity index (χ0n) is 34.6. The van der Waals surface area contributed by atoms with Crippen molar-refractivity contribution in [2.45, 2.75) is 270 Å². The molecule has 0 aliphatic carbocycles. The van der Waals surface area contributed by atoms with Crippen LogP contribution in [0.25, 0.3) is 0 Å². The van der Waals surface area contributed by atoms with E-state index in [4.69, 9.17) is 9.47 Å². The average Bonchev–Trinajstić information content (AvgIpc) is 3.13. The van der Waals surface area contributed by atoms with Gasteiger partial charge in [0.1, 0.15) is 6.61 Å². The molecule has 0 rings (SSSR count). The second kappa shape index (κ2) is 43.3. The van der Waals surface area contributed by atoms with Gasteiger partial charge in [-0.3, -0.25) is 9.59 Å². The lowest BCUT2D eigenvalue weighted by Crippen LogP contribution is -2.28. The Kier molecular flexibility index (Phi) is 42.4. The fourth-order valence-corrected chi connectivity index (χ4v) is 7.15. The molecule has 0 aliphatic rings. The van der Waals surface area contributed by atoms with Crippen LogP contribution < -0.4 is 0 Å². The van der Waals surface area contributed by atoms with Crippen LogP contribution >= 0.6 is 0 Å². The van der Waals surface area contributed by atoms with Gasteiger partial charge in [0.05, 0.1) is 6.61 Å². The lowest BCUT2D eigenvalue weighted by atomic mass is 10.0. The van der Waals surface area contributed by atoms with Gasteiger partial charge in [0.15, 0.2) is 6.10 Å². The van der Waals surface area contributed by atoms with Crippen LogP contribution in [0.15, 0.2) is 0 Å². The molecule has 0 saturated heterocycles. The molecule has 0 saturated carbocycles. The fourth-order valence-electron chi connectivity index (χ4n) is 7.15. The molecule has 0 aromatic heterocycles. The number of rotatable bonds is 43. The van der Waals surface area contributed by atoms with Gasteiger partial charge in [-0.25, -0.2) is 0 Å². The Bertz CT molecular complexity index is 695. The standard InChI is InChI=1S/C46H90O5/c1-3-5-7-9-11-13-15-17-19-21-22-23-24-25-27-29-31-33-35-37-39-41-46(49)51-44(42-47)43-50-45(48)40-38-36-34-32-30-28-26-20-18-16-14-12-10-8-6-4-2/h44,47H,3-43H2,1-2H3/t44-/m0/s1. The van der Waals surface area contributed by atoms with E-state index in [1.807, 2.05) is 0 Å². The lowest BCUT2D eigenvalue weighted by Gasteiger charge is -2.15. The molecule has 0 spiro atoms. The summed E-state index contributed by atoms with van der Waals surface area (Å²) in [6.07, 6.45) is 49.0. The minimum Gasteiger partial charge on any atom is -0.462 e. The van der Waals surface area contributed by atoms with Crippen LogP contribution in [-0.2, 0) is 19.1 Å². The van der Waals surface area contributed by atoms with E-state index in [1.165, 1.54) is 205 Å². The molecule has 1 atom stereocenters. The molecule has 0 unspecified atom stereocenters. The van der Waals surface area contributed by atoms with E-state index in [9.17, 15) is 14.7 Å². The number of unbranched alkanes of at least 4 members (excludes halogenated alkanes) is 35. The Morgan fingerprint density at radius 1 is 0.373 bits per heavy atom. The first kappa shape index (κ1) is 49.9. The smallest absolute Gasteiger partial charge is 0.306 e. The molecule has 0 bridgehead atoms. The van der Waals surface area contributed by atoms with E-state index < -0.39 is 6.10 Å². The van der Waals surface area contributed by atoms with E-state index in [1.54, 1.807) is 0 Å². The van der Waals surface area contributed by atoms with Gasteiger partial charge in [-0.2, -0.15) is 0 Å². The fraction of sp³-hybridized carbons (Fsp3) is 0.957. The van der Waals surface area contributed by atoms with Gasteiger partial charge in [0.2, 0.25) is 0 Å². The third kappa shape index (κ3) is 41.5. The van der Waals surface area contributed by atoms with Crippen LogP contribution in [0, 0.1) is 0 Å². The molecule has 0 fully saturated rings. The van der Waals surface area contributed by atoms with Gasteiger partial charge < -0.3 is 14.6 Å². The molecule has 304 valence electrons. The summed E-state index contributed by atoms with van der Waals surface area (Å²) in [6.45, 7) is 4.19. The van der Waals surface area contributed by atoms with Crippen molar-refractivity contribution in [2.75, 3.05) is 13.2 Å². The summed E-state index contributed by atoms with van der Waals surface area (Å²) < 4.78 is 10.7. The number of hydrogen-bond acceptors (Lipinski definition) is 5. The largest absolute Gasteiger partial charge is 0.462 e. The van der Waals surface area contributed by atoms with Crippen LogP contribution in [0.1, 0.15) is 264 Å². The van der Waals surface area contributed by atoms with E-state index in [0.717, 1.165) is 32.1 Å². The number of aliphatic hydroxyl groups is 1. The predicted molar refractivity (Wildman–Crippen MR) is 219 cm³/mol. The molecule has 51 heavy (non-hydrogen) atoms. The Labute approximate surface area is 319 Å². The SMILES string of the molecule is CCCCCCCCCCCCCCCCCCCCCCCC(=O)O[C@@H](CO)COC(=O)CCCCCCCCCCCCCCCCCC. The van der Waals surface area contributed by atoms with Gasteiger partial charge in [0, 0.05) is 12.8 Å². The molecule has 0 radical (unpaired) electrons. The lowest BCUT2D eigenvalue weighted by molar-refractivity contribution is -0.161. The van der Waals surface area contributed by atoms with Gasteiger partial charge in [-0.1, -0.05) is 239 Å². The monoisotopic (exact) mass is 723 g/mol. The molecule has 0 aromatic rings. The second-order valence-corrected chi connectivity index (χ2v) is 15.9. The Morgan fingerprint density at radius 3 is 0.863 bits per heavy atom. The van der Waals surface area contributed by atoms with E-state index in [0.29, 0.717) is 12.8 Å². The first-order valence-electron chi connectivity index (χ1n) is 23.1. The second-order valence-electron chi connectivity index (χ2n) is 15.9. The highest BCUT2D eigenvalue weighted by Crippen LogP contribution is 2.17. The van der Waals surface area contributed by atoms with E-state index >= 15 is 0 Å². The first-order valence-corrected chi connectivity index (χ1v) is 23.1. The van der Waals surface area contributed by atoms with Crippen molar-refractivity contribution in [3.05, 3.63) is 0 Å². The summed E-state index contributed by atoms with van der Waals surface area (Å²) in [7, 11) is 0.